The number of methoxy groups -OCH3 is 1. The molecule has 0 aliphatic rings. The lowest BCUT2D eigenvalue weighted by atomic mass is 9.97. The van der Waals surface area contributed by atoms with Crippen LogP contribution in [0, 0.1) is 10.1 Å². The van der Waals surface area contributed by atoms with Gasteiger partial charge < -0.3 is 4.74 Å². The maximum absolute atomic E-state index is 10.4. The summed E-state index contributed by atoms with van der Waals surface area (Å²) in [5.41, 5.74) is 0.995. The largest absolute Gasteiger partial charge is 0.497 e. The Morgan fingerprint density at radius 1 is 1.40 bits per heavy atom. The SMILES string of the molecule is CCC(C[N+](=O)[O-])c1ccc(OC)cc1. The van der Waals surface area contributed by atoms with Crippen LogP contribution in [0.4, 0.5) is 0 Å². The van der Waals surface area contributed by atoms with Crippen LogP contribution in [0.1, 0.15) is 24.8 Å². The zero-order valence-electron chi connectivity index (χ0n) is 8.97. The lowest BCUT2D eigenvalue weighted by molar-refractivity contribution is -0.483. The number of ether oxygens (including phenoxy) is 1. The molecule has 4 heteroatoms. The summed E-state index contributed by atoms with van der Waals surface area (Å²) in [7, 11) is 1.60. The summed E-state index contributed by atoms with van der Waals surface area (Å²) in [6.07, 6.45) is 0.771. The standard InChI is InChI=1S/C11H15NO3/c1-3-9(8-12(13)14)10-4-6-11(15-2)7-5-10/h4-7,9H,3,8H2,1-2H3. The van der Waals surface area contributed by atoms with Gasteiger partial charge in [0.15, 0.2) is 0 Å². The minimum Gasteiger partial charge on any atom is -0.497 e. The summed E-state index contributed by atoms with van der Waals surface area (Å²) in [4.78, 5) is 10.2. The van der Waals surface area contributed by atoms with E-state index in [4.69, 9.17) is 4.74 Å². The summed E-state index contributed by atoms with van der Waals surface area (Å²) >= 11 is 0. The number of hydrogen-bond acceptors (Lipinski definition) is 3. The van der Waals surface area contributed by atoms with E-state index in [0.29, 0.717) is 0 Å². The molecule has 82 valence electrons. The monoisotopic (exact) mass is 209 g/mol. The van der Waals surface area contributed by atoms with E-state index in [1.807, 2.05) is 31.2 Å². The lowest BCUT2D eigenvalue weighted by Gasteiger charge is -2.10. The highest BCUT2D eigenvalue weighted by atomic mass is 16.6. The van der Waals surface area contributed by atoms with Crippen molar-refractivity contribution in [2.45, 2.75) is 19.3 Å². The van der Waals surface area contributed by atoms with Crippen LogP contribution in [0.25, 0.3) is 0 Å². The predicted molar refractivity (Wildman–Crippen MR) is 57.9 cm³/mol. The summed E-state index contributed by atoms with van der Waals surface area (Å²) < 4.78 is 5.03. The molecule has 0 bridgehead atoms. The normalized spacial score (nSPS) is 12.1. The number of rotatable bonds is 5. The van der Waals surface area contributed by atoms with Gasteiger partial charge >= 0.3 is 0 Å². The van der Waals surface area contributed by atoms with E-state index in [-0.39, 0.29) is 17.4 Å². The Bertz CT molecular complexity index is 321. The number of hydrogen-bond donors (Lipinski definition) is 0. The van der Waals surface area contributed by atoms with E-state index in [9.17, 15) is 10.1 Å². The van der Waals surface area contributed by atoms with E-state index < -0.39 is 0 Å². The van der Waals surface area contributed by atoms with Crippen LogP contribution in [0.2, 0.25) is 0 Å². The molecule has 0 heterocycles. The molecule has 4 nitrogen and oxygen atoms in total. The fourth-order valence-corrected chi connectivity index (χ4v) is 1.53. The first-order valence-electron chi connectivity index (χ1n) is 4.93. The second kappa shape index (κ2) is 5.34. The van der Waals surface area contributed by atoms with Gasteiger partial charge in [-0.15, -0.1) is 0 Å². The summed E-state index contributed by atoms with van der Waals surface area (Å²) in [6.45, 7) is 1.95. The summed E-state index contributed by atoms with van der Waals surface area (Å²) in [6, 6.07) is 7.43. The van der Waals surface area contributed by atoms with Gasteiger partial charge in [-0.2, -0.15) is 0 Å². The Morgan fingerprint density at radius 2 is 2.00 bits per heavy atom. The predicted octanol–water partition coefficient (Wildman–Crippen LogP) is 2.47. The maximum Gasteiger partial charge on any atom is 0.210 e. The third-order valence-corrected chi connectivity index (χ3v) is 2.45. The van der Waals surface area contributed by atoms with E-state index >= 15 is 0 Å². The van der Waals surface area contributed by atoms with Crippen molar-refractivity contribution >= 4 is 0 Å². The Labute approximate surface area is 89.0 Å². The van der Waals surface area contributed by atoms with E-state index in [0.717, 1.165) is 17.7 Å². The Hall–Kier alpha value is -1.58. The average molecular weight is 209 g/mol. The molecular formula is C11H15NO3. The molecule has 1 aromatic rings. The van der Waals surface area contributed by atoms with Gasteiger partial charge in [-0.1, -0.05) is 19.1 Å². The van der Waals surface area contributed by atoms with Crippen molar-refractivity contribution in [2.24, 2.45) is 0 Å². The summed E-state index contributed by atoms with van der Waals surface area (Å²) in [5.74, 6) is 0.764. The molecule has 15 heavy (non-hydrogen) atoms. The molecule has 0 spiro atoms. The Morgan fingerprint density at radius 3 is 2.40 bits per heavy atom. The first-order chi connectivity index (χ1) is 7.17. The molecule has 0 amide bonds. The third kappa shape index (κ3) is 3.23. The molecule has 0 aromatic heterocycles. The van der Waals surface area contributed by atoms with Crippen molar-refractivity contribution in [1.29, 1.82) is 0 Å². The zero-order valence-corrected chi connectivity index (χ0v) is 8.97. The fourth-order valence-electron chi connectivity index (χ4n) is 1.53. The van der Waals surface area contributed by atoms with Gasteiger partial charge in [-0.25, -0.2) is 0 Å². The van der Waals surface area contributed by atoms with Gasteiger partial charge in [0, 0.05) is 10.8 Å². The van der Waals surface area contributed by atoms with Gasteiger partial charge in [0.05, 0.1) is 7.11 Å². The van der Waals surface area contributed by atoms with Crippen molar-refractivity contribution in [3.05, 3.63) is 39.9 Å². The van der Waals surface area contributed by atoms with Crippen LogP contribution < -0.4 is 4.74 Å². The first-order valence-corrected chi connectivity index (χ1v) is 4.93. The number of benzene rings is 1. The highest BCUT2D eigenvalue weighted by Gasteiger charge is 2.15. The van der Waals surface area contributed by atoms with Gasteiger partial charge in [-0.05, 0) is 24.1 Å². The van der Waals surface area contributed by atoms with E-state index in [1.54, 1.807) is 7.11 Å². The smallest absolute Gasteiger partial charge is 0.210 e. The molecule has 1 aromatic carbocycles. The molecule has 0 saturated heterocycles. The molecule has 0 aliphatic heterocycles. The molecule has 0 radical (unpaired) electrons. The van der Waals surface area contributed by atoms with E-state index in [1.165, 1.54) is 0 Å². The molecule has 1 unspecified atom stereocenters. The summed E-state index contributed by atoms with van der Waals surface area (Å²) in [5, 5.41) is 10.4. The molecule has 1 rings (SSSR count). The average Bonchev–Trinajstić information content (AvgIpc) is 2.26. The van der Waals surface area contributed by atoms with E-state index in [2.05, 4.69) is 0 Å². The van der Waals surface area contributed by atoms with Crippen molar-refractivity contribution in [1.82, 2.24) is 0 Å². The highest BCUT2D eigenvalue weighted by molar-refractivity contribution is 5.29. The highest BCUT2D eigenvalue weighted by Crippen LogP contribution is 2.22. The Balaban J connectivity index is 2.78. The van der Waals surface area contributed by atoms with Gasteiger partial charge in [0.2, 0.25) is 6.54 Å². The topological polar surface area (TPSA) is 52.4 Å². The molecule has 0 aliphatic carbocycles. The zero-order chi connectivity index (χ0) is 11.3. The van der Waals surface area contributed by atoms with Crippen molar-refractivity contribution in [3.63, 3.8) is 0 Å². The van der Waals surface area contributed by atoms with Crippen molar-refractivity contribution in [2.75, 3.05) is 13.7 Å². The molecule has 0 fully saturated rings. The maximum atomic E-state index is 10.4. The van der Waals surface area contributed by atoms with Crippen LogP contribution in [-0.4, -0.2) is 18.6 Å². The molecule has 0 saturated carbocycles. The minimum atomic E-state index is -0.265. The quantitative estimate of drug-likeness (QED) is 0.553. The lowest BCUT2D eigenvalue weighted by Crippen LogP contribution is -2.11. The molecule has 1 atom stereocenters. The van der Waals surface area contributed by atoms with Crippen molar-refractivity contribution in [3.8, 4) is 5.75 Å². The van der Waals surface area contributed by atoms with Gasteiger partial charge in [0.25, 0.3) is 0 Å². The first kappa shape index (κ1) is 11.5. The molecule has 0 N–H and O–H groups in total. The van der Waals surface area contributed by atoms with Gasteiger partial charge in [0.1, 0.15) is 5.75 Å². The van der Waals surface area contributed by atoms with Crippen LogP contribution in [0.15, 0.2) is 24.3 Å². The number of nitrogens with zero attached hydrogens (tertiary/aromatic N) is 1. The minimum absolute atomic E-state index is 0.00842. The second-order valence-electron chi connectivity index (χ2n) is 3.39. The van der Waals surface area contributed by atoms with Crippen molar-refractivity contribution < 1.29 is 9.66 Å². The second-order valence-corrected chi connectivity index (χ2v) is 3.39. The number of nitro groups is 1. The van der Waals surface area contributed by atoms with Gasteiger partial charge in [-0.3, -0.25) is 10.1 Å². The Kier molecular flexibility index (Phi) is 4.09. The molecular weight excluding hydrogens is 194 g/mol. The fraction of sp³-hybridized carbons (Fsp3) is 0.455. The van der Waals surface area contributed by atoms with Crippen LogP contribution in [0.5, 0.6) is 5.75 Å². The van der Waals surface area contributed by atoms with Crippen LogP contribution in [-0.2, 0) is 0 Å². The van der Waals surface area contributed by atoms with Crippen LogP contribution >= 0.6 is 0 Å². The third-order valence-electron chi connectivity index (χ3n) is 2.45. The van der Waals surface area contributed by atoms with Crippen LogP contribution in [0.3, 0.4) is 0 Å².